The molecule has 0 aliphatic carbocycles. The summed E-state index contributed by atoms with van der Waals surface area (Å²) in [6, 6.07) is 0. The Labute approximate surface area is 731 Å². The molecular formula is C98H196O21. The molecular weight excluding hydrogens is 1510 g/mol. The summed E-state index contributed by atoms with van der Waals surface area (Å²) >= 11 is 0. The fraction of sp³-hybridized carbons (Fsp3) is 0.929. The van der Waals surface area contributed by atoms with Gasteiger partial charge < -0.3 is 68.9 Å². The van der Waals surface area contributed by atoms with Gasteiger partial charge in [0.15, 0.2) is 0 Å². The Hall–Kier alpha value is -3.99. The summed E-state index contributed by atoms with van der Waals surface area (Å²) < 4.78 is 35.2. The van der Waals surface area contributed by atoms with Gasteiger partial charge in [-0.3, -0.25) is 33.6 Å². The maximum absolute atomic E-state index is 11.4. The standard InChI is InChI=1S/C17H34O3.C16H32O3.C15H30O3.C14H28O3.C13H26O3.C12H24O3.C11H22O3/c1-3-4-5-6-7-8-9-10-11-12-13-17(19)20-15-16(2)14-18;1-3-4-5-6-7-8-9-10-11-12-16(18)19-14-15(2)13-17;1-3-4-5-6-7-8-9-10-11-15(17)18-13-14(2)12-16;1-3-4-5-6-7-8-9-10-14(16)17-12-13(2)11-15;1-3-4-5-6-7-8-9-13(15)16-11-12(2)10-14;1-3-4-5-6-7-8-12(14)15-10-11(2)9-13;1-3-4-5-6-7-11(13)14-9-10(2)8-12/h16,18H,3-15H2,1-2H3;15,17H,3-14H2,1-2H3;14,16H,3-13H2,1-2H3;13,15H,3-12H2,1-2H3;12,14H,3-11H2,1-2H3;11,13H,3-10H2,1-2H3;10,12H,3-9H2,1-2H3. The molecule has 0 radical (unpaired) electrons. The predicted octanol–water partition coefficient (Wildman–Crippen LogP) is 23.1. The molecule has 0 saturated heterocycles. The van der Waals surface area contributed by atoms with Crippen molar-refractivity contribution in [3.63, 3.8) is 0 Å². The molecule has 0 aromatic heterocycles. The van der Waals surface area contributed by atoms with Crippen LogP contribution in [0.5, 0.6) is 0 Å². The number of hydrogen-bond acceptors (Lipinski definition) is 21. The molecule has 7 N–H and O–H groups in total. The Morgan fingerprint density at radius 1 is 0.160 bits per heavy atom. The molecule has 119 heavy (non-hydrogen) atoms. The number of carbonyl (C=O) groups excluding carboxylic acids is 7. The third-order valence-electron chi connectivity index (χ3n) is 19.8. The van der Waals surface area contributed by atoms with Crippen molar-refractivity contribution in [2.45, 2.75) is 456 Å². The third kappa shape index (κ3) is 123. The molecule has 7 atom stereocenters. The smallest absolute Gasteiger partial charge is 0.305 e. The van der Waals surface area contributed by atoms with Gasteiger partial charge in [0.2, 0.25) is 0 Å². The van der Waals surface area contributed by atoms with E-state index in [1.165, 1.54) is 225 Å². The highest BCUT2D eigenvalue weighted by Crippen LogP contribution is 2.17. The zero-order valence-corrected chi connectivity index (χ0v) is 79.9. The minimum absolute atomic E-state index is 0.0478. The van der Waals surface area contributed by atoms with Crippen LogP contribution in [0.3, 0.4) is 0 Å². The first kappa shape index (κ1) is 128. The van der Waals surface area contributed by atoms with E-state index in [1.807, 2.05) is 48.5 Å². The molecule has 7 unspecified atom stereocenters. The van der Waals surface area contributed by atoms with E-state index in [4.69, 9.17) is 68.9 Å². The van der Waals surface area contributed by atoms with Gasteiger partial charge in [-0.15, -0.1) is 0 Å². The van der Waals surface area contributed by atoms with Gasteiger partial charge in [-0.25, -0.2) is 0 Å². The minimum atomic E-state index is -0.138. The second-order valence-electron chi connectivity index (χ2n) is 33.9. The zero-order chi connectivity index (χ0) is 90.5. The fourth-order valence-electron chi connectivity index (χ4n) is 11.1. The van der Waals surface area contributed by atoms with E-state index >= 15 is 0 Å². The first-order chi connectivity index (χ1) is 57.4. The molecule has 0 aliphatic rings. The molecule has 0 fully saturated rings. The molecule has 21 nitrogen and oxygen atoms in total. The van der Waals surface area contributed by atoms with Gasteiger partial charge in [0.1, 0.15) is 0 Å². The summed E-state index contributed by atoms with van der Waals surface area (Å²) in [5.41, 5.74) is 0. The molecule has 0 rings (SSSR count). The molecule has 0 aromatic carbocycles. The Bertz CT molecular complexity index is 2050. The minimum Gasteiger partial charge on any atom is -0.465 e. The van der Waals surface area contributed by atoms with E-state index in [9.17, 15) is 33.6 Å². The lowest BCUT2D eigenvalue weighted by atomic mass is 10.1. The number of hydrogen-bond donors (Lipinski definition) is 7. The topological polar surface area (TPSA) is 326 Å². The van der Waals surface area contributed by atoms with Crippen LogP contribution >= 0.6 is 0 Å². The lowest BCUT2D eigenvalue weighted by Gasteiger charge is -2.08. The molecule has 0 bridgehead atoms. The summed E-state index contributed by atoms with van der Waals surface area (Å²) in [7, 11) is 0. The molecule has 714 valence electrons. The van der Waals surface area contributed by atoms with Crippen molar-refractivity contribution < 1.29 is 102 Å². The van der Waals surface area contributed by atoms with Crippen LogP contribution in [0.25, 0.3) is 0 Å². The Balaban J connectivity index is -0.000000247. The van der Waals surface area contributed by atoms with Gasteiger partial charge in [-0.1, -0.05) is 367 Å². The van der Waals surface area contributed by atoms with Crippen LogP contribution in [-0.4, -0.2) is 170 Å². The maximum Gasteiger partial charge on any atom is 0.305 e. The molecule has 0 saturated carbocycles. The van der Waals surface area contributed by atoms with Crippen molar-refractivity contribution >= 4 is 41.8 Å². The second-order valence-corrected chi connectivity index (χ2v) is 33.9. The van der Waals surface area contributed by atoms with Crippen molar-refractivity contribution in [3.05, 3.63) is 0 Å². The third-order valence-corrected chi connectivity index (χ3v) is 19.8. The van der Waals surface area contributed by atoms with E-state index in [0.717, 1.165) is 89.9 Å². The monoisotopic (exact) mass is 1710 g/mol. The molecule has 0 heterocycles. The largest absolute Gasteiger partial charge is 0.465 e. The Morgan fingerprint density at radius 3 is 0.336 bits per heavy atom. The van der Waals surface area contributed by atoms with Gasteiger partial charge in [0, 0.05) is 133 Å². The van der Waals surface area contributed by atoms with Crippen molar-refractivity contribution in [1.29, 1.82) is 0 Å². The number of ether oxygens (including phenoxy) is 7. The summed E-state index contributed by atoms with van der Waals surface area (Å²) in [6.45, 7) is 31.3. The van der Waals surface area contributed by atoms with Crippen molar-refractivity contribution in [2.75, 3.05) is 92.5 Å². The first-order valence-corrected chi connectivity index (χ1v) is 48.8. The summed E-state index contributed by atoms with van der Waals surface area (Å²) in [5.74, 6) is -0.548. The molecule has 0 aromatic rings. The second kappa shape index (κ2) is 110. The number of rotatable bonds is 77. The van der Waals surface area contributed by atoms with E-state index in [0.29, 0.717) is 91.2 Å². The van der Waals surface area contributed by atoms with Crippen molar-refractivity contribution in [3.8, 4) is 0 Å². The number of unbranched alkanes of at least 4 members (excludes halogenated alkanes) is 42. The van der Waals surface area contributed by atoms with Gasteiger partial charge >= 0.3 is 41.8 Å². The lowest BCUT2D eigenvalue weighted by molar-refractivity contribution is -0.146. The van der Waals surface area contributed by atoms with Crippen LogP contribution in [0, 0.1) is 41.4 Å². The lowest BCUT2D eigenvalue weighted by Crippen LogP contribution is -2.14. The highest BCUT2D eigenvalue weighted by atomic mass is 16.6. The van der Waals surface area contributed by atoms with Crippen LogP contribution in [0.1, 0.15) is 456 Å². The Morgan fingerprint density at radius 2 is 0.244 bits per heavy atom. The number of carbonyl (C=O) groups is 7. The van der Waals surface area contributed by atoms with E-state index in [2.05, 4.69) is 48.5 Å². The molecule has 0 spiro atoms. The van der Waals surface area contributed by atoms with E-state index < -0.39 is 0 Å². The molecule has 0 amide bonds. The first-order valence-electron chi connectivity index (χ1n) is 48.8. The van der Waals surface area contributed by atoms with Crippen LogP contribution < -0.4 is 0 Å². The van der Waals surface area contributed by atoms with Gasteiger partial charge in [0.25, 0.3) is 0 Å². The highest BCUT2D eigenvalue weighted by Gasteiger charge is 2.13. The molecule has 0 aliphatic heterocycles. The average Bonchev–Trinajstić information content (AvgIpc) is 1.06. The number of aliphatic hydroxyl groups is 7. The normalized spacial score (nSPS) is 12.4. The van der Waals surface area contributed by atoms with Crippen molar-refractivity contribution in [1.82, 2.24) is 0 Å². The van der Waals surface area contributed by atoms with Crippen LogP contribution in [-0.2, 0) is 66.7 Å². The summed E-state index contributed by atoms with van der Waals surface area (Å²) in [4.78, 5) is 79.0. The SMILES string of the molecule is CCCCCCC(=O)OCC(C)CO.CCCCCCCC(=O)OCC(C)CO.CCCCCCCCC(=O)OCC(C)CO.CCCCCCCCCC(=O)OCC(C)CO.CCCCCCCCCCC(=O)OCC(C)CO.CCCCCCCCCCCC(=O)OCC(C)CO.CCCCCCCCCCCCC(=O)OCC(C)CO. The summed E-state index contributed by atoms with van der Waals surface area (Å²) in [5, 5.41) is 61.4. The fourth-order valence-corrected chi connectivity index (χ4v) is 11.1. The van der Waals surface area contributed by atoms with Crippen molar-refractivity contribution in [2.24, 2.45) is 41.4 Å². The van der Waals surface area contributed by atoms with Gasteiger partial charge in [-0.05, 0) is 44.9 Å². The Kier molecular flexibility index (Phi) is 119. The highest BCUT2D eigenvalue weighted by molar-refractivity contribution is 5.71. The van der Waals surface area contributed by atoms with Gasteiger partial charge in [0.05, 0.1) is 46.2 Å². The average molecular weight is 1710 g/mol. The zero-order valence-electron chi connectivity index (χ0n) is 79.9. The van der Waals surface area contributed by atoms with Gasteiger partial charge in [-0.2, -0.15) is 0 Å². The van der Waals surface area contributed by atoms with Crippen LogP contribution in [0.4, 0.5) is 0 Å². The van der Waals surface area contributed by atoms with E-state index in [-0.39, 0.29) is 129 Å². The number of aliphatic hydroxyl groups excluding tert-OH is 7. The quantitative estimate of drug-likeness (QED) is 0.0169. The van der Waals surface area contributed by atoms with Crippen LogP contribution in [0.2, 0.25) is 0 Å². The number of esters is 7. The predicted molar refractivity (Wildman–Crippen MR) is 489 cm³/mol. The summed E-state index contributed by atoms with van der Waals surface area (Å²) in [6.07, 6.45) is 63.1. The van der Waals surface area contributed by atoms with E-state index in [1.54, 1.807) is 0 Å². The van der Waals surface area contributed by atoms with Crippen LogP contribution in [0.15, 0.2) is 0 Å². The maximum atomic E-state index is 11.4. The molecule has 21 heteroatoms.